The zero-order valence-electron chi connectivity index (χ0n) is 12.7. The summed E-state index contributed by atoms with van der Waals surface area (Å²) in [6, 6.07) is 3.98. The lowest BCUT2D eigenvalue weighted by Gasteiger charge is -2.19. The molecule has 1 N–H and O–H groups in total. The minimum Gasteiger partial charge on any atom is -0.459 e. The van der Waals surface area contributed by atoms with Crippen LogP contribution in [0.3, 0.4) is 0 Å². The molecule has 20 heavy (non-hydrogen) atoms. The van der Waals surface area contributed by atoms with E-state index in [4.69, 9.17) is 4.74 Å². The van der Waals surface area contributed by atoms with E-state index in [1.165, 1.54) is 11.8 Å². The molecule has 0 spiro atoms. The summed E-state index contributed by atoms with van der Waals surface area (Å²) in [4.78, 5) is 15.9. The number of hydrogen-bond donors (Lipinski definition) is 1. The Morgan fingerprint density at radius 2 is 2.20 bits per heavy atom. The topological polar surface area (TPSA) is 51.2 Å². The van der Waals surface area contributed by atoms with Crippen molar-refractivity contribution in [1.29, 1.82) is 0 Å². The van der Waals surface area contributed by atoms with Gasteiger partial charge in [-0.2, -0.15) is 0 Å². The van der Waals surface area contributed by atoms with Gasteiger partial charge in [0, 0.05) is 24.2 Å². The molecule has 0 atom stereocenters. The molecular formula is C15H24N2O2S. The summed E-state index contributed by atoms with van der Waals surface area (Å²) in [5, 5.41) is 3.32. The second-order valence-corrected chi connectivity index (χ2v) is 6.53. The molecule has 0 amide bonds. The first-order valence-electron chi connectivity index (χ1n) is 6.89. The van der Waals surface area contributed by atoms with Crippen LogP contribution in [-0.4, -0.2) is 28.9 Å². The van der Waals surface area contributed by atoms with Crippen molar-refractivity contribution in [2.45, 2.75) is 45.5 Å². The quantitative estimate of drug-likeness (QED) is 0.781. The number of esters is 1. The molecule has 0 unspecified atom stereocenters. The van der Waals surface area contributed by atoms with Gasteiger partial charge in [-0.25, -0.2) is 0 Å². The van der Waals surface area contributed by atoms with Crippen molar-refractivity contribution in [3.63, 3.8) is 0 Å². The summed E-state index contributed by atoms with van der Waals surface area (Å²) in [7, 11) is 0. The highest BCUT2D eigenvalue weighted by Crippen LogP contribution is 2.16. The van der Waals surface area contributed by atoms with Gasteiger partial charge in [0.15, 0.2) is 0 Å². The standard InChI is InChI=1S/C15H24N2O2S/c1-5-7-16-12-6-8-17-13(9-12)10-20-11-14(18)19-15(2,3)4/h6,8-9H,5,7,10-11H2,1-4H3,(H,16,17). The first-order valence-corrected chi connectivity index (χ1v) is 8.04. The third-order valence-electron chi connectivity index (χ3n) is 2.29. The molecule has 0 aliphatic carbocycles. The Morgan fingerprint density at radius 1 is 1.45 bits per heavy atom. The third kappa shape index (κ3) is 7.38. The van der Waals surface area contributed by atoms with Gasteiger partial charge in [-0.1, -0.05) is 6.92 Å². The van der Waals surface area contributed by atoms with Gasteiger partial charge in [0.25, 0.3) is 0 Å². The lowest BCUT2D eigenvalue weighted by molar-refractivity contribution is -0.151. The maximum atomic E-state index is 11.6. The van der Waals surface area contributed by atoms with Crippen molar-refractivity contribution in [2.75, 3.05) is 17.6 Å². The molecule has 1 heterocycles. The average molecular weight is 296 g/mol. The number of aromatic nitrogens is 1. The van der Waals surface area contributed by atoms with Crippen molar-refractivity contribution in [3.8, 4) is 0 Å². The Labute approximate surface area is 125 Å². The Hall–Kier alpha value is -1.23. The Morgan fingerprint density at radius 3 is 2.85 bits per heavy atom. The number of anilines is 1. The fraction of sp³-hybridized carbons (Fsp3) is 0.600. The highest BCUT2D eigenvalue weighted by molar-refractivity contribution is 7.99. The SMILES string of the molecule is CCCNc1ccnc(CSCC(=O)OC(C)(C)C)c1. The summed E-state index contributed by atoms with van der Waals surface area (Å²) in [6.45, 7) is 8.71. The van der Waals surface area contributed by atoms with E-state index in [0.717, 1.165) is 24.3 Å². The molecule has 1 rings (SSSR count). The molecule has 0 radical (unpaired) electrons. The van der Waals surface area contributed by atoms with Crippen molar-refractivity contribution in [1.82, 2.24) is 4.98 Å². The largest absolute Gasteiger partial charge is 0.459 e. The van der Waals surface area contributed by atoms with E-state index < -0.39 is 5.60 Å². The highest BCUT2D eigenvalue weighted by atomic mass is 32.2. The zero-order chi connectivity index (χ0) is 15.0. The number of thioether (sulfide) groups is 1. The van der Waals surface area contributed by atoms with Crippen molar-refractivity contribution in [3.05, 3.63) is 24.0 Å². The molecule has 1 aromatic rings. The lowest BCUT2D eigenvalue weighted by Crippen LogP contribution is -2.24. The molecule has 0 bridgehead atoms. The summed E-state index contributed by atoms with van der Waals surface area (Å²) < 4.78 is 5.26. The predicted molar refractivity (Wildman–Crippen MR) is 85.0 cm³/mol. The molecule has 0 fully saturated rings. The molecule has 1 aromatic heterocycles. The van der Waals surface area contributed by atoms with Crippen LogP contribution in [0.15, 0.2) is 18.3 Å². The van der Waals surface area contributed by atoms with E-state index >= 15 is 0 Å². The zero-order valence-corrected chi connectivity index (χ0v) is 13.5. The number of nitrogens with one attached hydrogen (secondary N) is 1. The van der Waals surface area contributed by atoms with Crippen molar-refractivity contribution < 1.29 is 9.53 Å². The van der Waals surface area contributed by atoms with E-state index in [9.17, 15) is 4.79 Å². The molecule has 4 nitrogen and oxygen atoms in total. The van der Waals surface area contributed by atoms with Gasteiger partial charge in [-0.05, 0) is 39.3 Å². The van der Waals surface area contributed by atoms with Gasteiger partial charge in [0.2, 0.25) is 0 Å². The smallest absolute Gasteiger partial charge is 0.316 e. The Bertz CT molecular complexity index is 430. The van der Waals surface area contributed by atoms with Gasteiger partial charge in [0.05, 0.1) is 11.4 Å². The summed E-state index contributed by atoms with van der Waals surface area (Å²) >= 11 is 1.52. The van der Waals surface area contributed by atoms with E-state index in [1.54, 1.807) is 6.20 Å². The Balaban J connectivity index is 2.36. The van der Waals surface area contributed by atoms with Crippen molar-refractivity contribution in [2.24, 2.45) is 0 Å². The predicted octanol–water partition coefficient (Wildman–Crippen LogP) is 3.48. The molecule has 0 aliphatic heterocycles. The fourth-order valence-corrected chi connectivity index (χ4v) is 2.24. The normalized spacial score (nSPS) is 11.2. The van der Waals surface area contributed by atoms with Crippen LogP contribution in [0.1, 0.15) is 39.8 Å². The molecule has 5 heteroatoms. The van der Waals surface area contributed by atoms with Crippen LogP contribution in [0.4, 0.5) is 5.69 Å². The van der Waals surface area contributed by atoms with Crippen LogP contribution < -0.4 is 5.32 Å². The van der Waals surface area contributed by atoms with Crippen LogP contribution >= 0.6 is 11.8 Å². The maximum absolute atomic E-state index is 11.6. The summed E-state index contributed by atoms with van der Waals surface area (Å²) in [5.74, 6) is 0.884. The van der Waals surface area contributed by atoms with E-state index in [-0.39, 0.29) is 5.97 Å². The minimum absolute atomic E-state index is 0.178. The monoisotopic (exact) mass is 296 g/mol. The number of nitrogens with zero attached hydrogens (tertiary/aromatic N) is 1. The number of pyridine rings is 1. The number of carbonyl (C=O) groups excluding carboxylic acids is 1. The molecule has 0 aromatic carbocycles. The number of carbonyl (C=O) groups is 1. The van der Waals surface area contributed by atoms with E-state index in [0.29, 0.717) is 11.5 Å². The second-order valence-electron chi connectivity index (χ2n) is 5.54. The van der Waals surface area contributed by atoms with Gasteiger partial charge in [-0.3, -0.25) is 9.78 Å². The lowest BCUT2D eigenvalue weighted by atomic mass is 10.2. The van der Waals surface area contributed by atoms with Gasteiger partial charge in [0.1, 0.15) is 5.60 Å². The third-order valence-corrected chi connectivity index (χ3v) is 3.23. The van der Waals surface area contributed by atoms with Gasteiger partial charge >= 0.3 is 5.97 Å². The first kappa shape index (κ1) is 16.8. The Kier molecular flexibility index (Phi) is 6.85. The first-order chi connectivity index (χ1) is 9.40. The minimum atomic E-state index is -0.417. The molecule has 0 aliphatic rings. The molecule has 112 valence electrons. The molecule has 0 saturated carbocycles. The molecule has 0 saturated heterocycles. The summed E-state index contributed by atoms with van der Waals surface area (Å²) in [5.41, 5.74) is 1.63. The number of ether oxygens (including phenoxy) is 1. The maximum Gasteiger partial charge on any atom is 0.316 e. The van der Waals surface area contributed by atoms with E-state index in [1.807, 2.05) is 32.9 Å². The number of rotatable bonds is 7. The van der Waals surface area contributed by atoms with Crippen LogP contribution in [0.25, 0.3) is 0 Å². The van der Waals surface area contributed by atoms with Crippen LogP contribution in [0.2, 0.25) is 0 Å². The van der Waals surface area contributed by atoms with E-state index in [2.05, 4.69) is 17.2 Å². The highest BCUT2D eigenvalue weighted by Gasteiger charge is 2.15. The molecular weight excluding hydrogens is 272 g/mol. The van der Waals surface area contributed by atoms with Gasteiger partial charge < -0.3 is 10.1 Å². The van der Waals surface area contributed by atoms with Gasteiger partial charge in [-0.15, -0.1) is 11.8 Å². The number of hydrogen-bond acceptors (Lipinski definition) is 5. The van der Waals surface area contributed by atoms with Crippen LogP contribution in [0, 0.1) is 0 Å². The van der Waals surface area contributed by atoms with Crippen LogP contribution in [0.5, 0.6) is 0 Å². The summed E-state index contributed by atoms with van der Waals surface area (Å²) in [6.07, 6.45) is 2.88. The average Bonchev–Trinajstić information content (AvgIpc) is 2.34. The van der Waals surface area contributed by atoms with Crippen molar-refractivity contribution >= 4 is 23.4 Å². The second kappa shape index (κ2) is 8.15. The van der Waals surface area contributed by atoms with Crippen LogP contribution in [-0.2, 0) is 15.3 Å². The fourth-order valence-electron chi connectivity index (χ4n) is 1.55.